The summed E-state index contributed by atoms with van der Waals surface area (Å²) in [5, 5.41) is 3.09. The average Bonchev–Trinajstić information content (AvgIpc) is 3.35. The van der Waals surface area contributed by atoms with Crippen molar-refractivity contribution in [2.75, 3.05) is 0 Å². The van der Waals surface area contributed by atoms with Crippen molar-refractivity contribution in [2.24, 2.45) is 0 Å². The fourth-order valence-corrected chi connectivity index (χ4v) is 3.16. The molecule has 1 N–H and O–H groups in total. The largest absolute Gasteiger partial charge is 0.352 e. The van der Waals surface area contributed by atoms with E-state index in [-0.39, 0.29) is 5.91 Å². The zero-order valence-electron chi connectivity index (χ0n) is 14.7. The van der Waals surface area contributed by atoms with E-state index in [0.717, 1.165) is 36.1 Å². The lowest BCUT2D eigenvalue weighted by Gasteiger charge is -2.10. The average molecular weight is 333 g/mol. The first-order chi connectivity index (χ1) is 12.1. The Hall–Kier alpha value is -2.62. The Labute approximate surface area is 147 Å². The first-order valence-electron chi connectivity index (χ1n) is 8.90. The van der Waals surface area contributed by atoms with E-state index in [1.807, 2.05) is 18.2 Å². The molecule has 4 heteroatoms. The molecule has 1 aliphatic rings. The number of nitrogens with one attached hydrogen (secondary N) is 1. The van der Waals surface area contributed by atoms with Gasteiger partial charge in [0.05, 0.1) is 11.0 Å². The summed E-state index contributed by atoms with van der Waals surface area (Å²) in [6, 6.07) is 14.9. The maximum absolute atomic E-state index is 12.4. The van der Waals surface area contributed by atoms with Crippen LogP contribution < -0.4 is 5.32 Å². The van der Waals surface area contributed by atoms with Gasteiger partial charge in [-0.05, 0) is 55.5 Å². The highest BCUT2D eigenvalue weighted by atomic mass is 16.2. The summed E-state index contributed by atoms with van der Waals surface area (Å²) in [7, 11) is 0. The molecule has 0 radical (unpaired) electrons. The first kappa shape index (κ1) is 15.9. The Morgan fingerprint density at radius 2 is 1.88 bits per heavy atom. The molecule has 1 aromatic heterocycles. The number of hydrogen-bond donors (Lipinski definition) is 1. The highest BCUT2D eigenvalue weighted by Gasteiger charge is 2.24. The van der Waals surface area contributed by atoms with Crippen LogP contribution in [-0.2, 0) is 17.8 Å². The van der Waals surface area contributed by atoms with Gasteiger partial charge in [-0.25, -0.2) is 4.98 Å². The molecule has 0 saturated heterocycles. The Morgan fingerprint density at radius 1 is 1.16 bits per heavy atom. The van der Waals surface area contributed by atoms with Crippen LogP contribution in [0, 0.1) is 13.8 Å². The van der Waals surface area contributed by atoms with Crippen LogP contribution in [0.15, 0.2) is 42.5 Å². The minimum absolute atomic E-state index is 0.0781. The number of aryl methyl sites for hydroxylation is 2. The second-order valence-electron chi connectivity index (χ2n) is 7.04. The molecule has 4 nitrogen and oxygen atoms in total. The summed E-state index contributed by atoms with van der Waals surface area (Å²) in [4.78, 5) is 17.2. The van der Waals surface area contributed by atoms with Crippen LogP contribution in [0.3, 0.4) is 0 Å². The van der Waals surface area contributed by atoms with Gasteiger partial charge in [-0.15, -0.1) is 0 Å². The van der Waals surface area contributed by atoms with Crippen LogP contribution in [0.5, 0.6) is 0 Å². The molecule has 1 amide bonds. The van der Waals surface area contributed by atoms with Gasteiger partial charge in [0.25, 0.3) is 0 Å². The van der Waals surface area contributed by atoms with Gasteiger partial charge >= 0.3 is 0 Å². The van der Waals surface area contributed by atoms with E-state index in [1.165, 1.54) is 16.7 Å². The number of nitrogens with zero attached hydrogens (tertiary/aromatic N) is 2. The van der Waals surface area contributed by atoms with Crippen molar-refractivity contribution in [1.82, 2.24) is 14.9 Å². The summed E-state index contributed by atoms with van der Waals surface area (Å²) >= 11 is 0. The third kappa shape index (κ3) is 3.43. The summed E-state index contributed by atoms with van der Waals surface area (Å²) in [5.41, 5.74) is 5.66. The van der Waals surface area contributed by atoms with Crippen molar-refractivity contribution >= 4 is 16.9 Å². The number of amides is 1. The van der Waals surface area contributed by atoms with Crippen molar-refractivity contribution in [2.45, 2.75) is 45.7 Å². The number of benzene rings is 2. The number of imidazole rings is 1. The predicted octanol–water partition coefficient (Wildman–Crippen LogP) is 3.52. The van der Waals surface area contributed by atoms with Crippen molar-refractivity contribution < 1.29 is 4.79 Å². The van der Waals surface area contributed by atoms with Crippen LogP contribution in [0.2, 0.25) is 0 Å². The maximum Gasteiger partial charge on any atom is 0.240 e. The molecule has 128 valence electrons. The Bertz CT molecular complexity index is 923. The van der Waals surface area contributed by atoms with E-state index in [9.17, 15) is 4.79 Å². The van der Waals surface area contributed by atoms with Gasteiger partial charge in [0.15, 0.2) is 0 Å². The lowest BCUT2D eigenvalue weighted by Crippen LogP contribution is -2.29. The number of carbonyl (C=O) groups is 1. The predicted molar refractivity (Wildman–Crippen MR) is 99.6 cm³/mol. The van der Waals surface area contributed by atoms with Gasteiger partial charge in [0.2, 0.25) is 5.91 Å². The summed E-state index contributed by atoms with van der Waals surface area (Å²) < 4.78 is 2.08. The molecule has 1 saturated carbocycles. The van der Waals surface area contributed by atoms with Gasteiger partial charge in [0.1, 0.15) is 12.4 Å². The highest BCUT2D eigenvalue weighted by Crippen LogP contribution is 2.23. The minimum atomic E-state index is 0.0781. The maximum atomic E-state index is 12.4. The van der Waals surface area contributed by atoms with Crippen molar-refractivity contribution in [3.05, 3.63) is 65.0 Å². The molecular weight excluding hydrogens is 310 g/mol. The van der Waals surface area contributed by atoms with Crippen molar-refractivity contribution in [3.63, 3.8) is 0 Å². The van der Waals surface area contributed by atoms with Gasteiger partial charge < -0.3 is 9.88 Å². The van der Waals surface area contributed by atoms with Crippen molar-refractivity contribution in [1.29, 1.82) is 0 Å². The number of carbonyl (C=O) groups excluding carboxylic acids is 1. The highest BCUT2D eigenvalue weighted by molar-refractivity contribution is 5.82. The molecule has 2 aromatic carbocycles. The Balaban J connectivity index is 1.73. The minimum Gasteiger partial charge on any atom is -0.352 e. The fraction of sp³-hybridized carbons (Fsp3) is 0.333. The van der Waals surface area contributed by atoms with Gasteiger partial charge in [-0.3, -0.25) is 4.79 Å². The van der Waals surface area contributed by atoms with Gasteiger partial charge in [-0.2, -0.15) is 0 Å². The lowest BCUT2D eigenvalue weighted by molar-refractivity contribution is -0.121. The summed E-state index contributed by atoms with van der Waals surface area (Å²) in [5.74, 6) is 1.02. The zero-order valence-corrected chi connectivity index (χ0v) is 14.7. The molecule has 0 spiro atoms. The zero-order chi connectivity index (χ0) is 17.4. The molecule has 1 aliphatic carbocycles. The first-order valence-corrected chi connectivity index (χ1v) is 8.90. The van der Waals surface area contributed by atoms with E-state index < -0.39 is 0 Å². The smallest absolute Gasteiger partial charge is 0.240 e. The molecule has 1 heterocycles. The second kappa shape index (κ2) is 6.36. The number of aromatic nitrogens is 2. The van der Waals surface area contributed by atoms with E-state index in [2.05, 4.69) is 48.0 Å². The molecule has 4 rings (SSSR count). The van der Waals surface area contributed by atoms with E-state index in [1.54, 1.807) is 0 Å². The molecule has 0 unspecified atom stereocenters. The second-order valence-corrected chi connectivity index (χ2v) is 7.04. The van der Waals surface area contributed by atoms with Gasteiger partial charge in [-0.1, -0.05) is 30.3 Å². The number of fused-ring (bicyclic) bond motifs is 1. The fourth-order valence-electron chi connectivity index (χ4n) is 3.16. The van der Waals surface area contributed by atoms with Crippen LogP contribution >= 0.6 is 0 Å². The molecule has 0 aliphatic heterocycles. The van der Waals surface area contributed by atoms with E-state index >= 15 is 0 Å². The number of rotatable bonds is 5. The van der Waals surface area contributed by atoms with Crippen molar-refractivity contribution in [3.8, 4) is 0 Å². The number of hydrogen-bond acceptors (Lipinski definition) is 2. The van der Waals surface area contributed by atoms with Crippen LogP contribution in [0.4, 0.5) is 0 Å². The normalized spacial score (nSPS) is 14.0. The van der Waals surface area contributed by atoms with E-state index in [0.29, 0.717) is 12.6 Å². The molecule has 0 atom stereocenters. The van der Waals surface area contributed by atoms with Crippen LogP contribution in [0.25, 0.3) is 11.0 Å². The molecule has 1 fully saturated rings. The SMILES string of the molecule is Cc1cc2nc(Cc3ccccc3)n(CC(=O)NC3CC3)c2cc1C. The van der Waals surface area contributed by atoms with E-state index in [4.69, 9.17) is 4.98 Å². The topological polar surface area (TPSA) is 46.9 Å². The quantitative estimate of drug-likeness (QED) is 0.776. The lowest BCUT2D eigenvalue weighted by atomic mass is 10.1. The molecular formula is C21H23N3O. The van der Waals surface area contributed by atoms with Crippen LogP contribution in [0.1, 0.15) is 35.4 Å². The Kier molecular flexibility index (Phi) is 4.04. The third-order valence-electron chi connectivity index (χ3n) is 4.89. The molecule has 25 heavy (non-hydrogen) atoms. The summed E-state index contributed by atoms with van der Waals surface area (Å²) in [6.07, 6.45) is 2.93. The standard InChI is InChI=1S/C21H23N3O/c1-14-10-18-19(11-15(14)2)24(13-21(25)22-17-8-9-17)20(23-18)12-16-6-4-3-5-7-16/h3-7,10-11,17H,8-9,12-13H2,1-2H3,(H,22,25). The van der Waals surface area contributed by atoms with Gasteiger partial charge in [0, 0.05) is 12.5 Å². The molecule has 0 bridgehead atoms. The molecule has 3 aromatic rings. The summed E-state index contributed by atoms with van der Waals surface area (Å²) in [6.45, 7) is 4.54. The Morgan fingerprint density at radius 3 is 2.60 bits per heavy atom. The third-order valence-corrected chi connectivity index (χ3v) is 4.89. The monoisotopic (exact) mass is 333 g/mol. The van der Waals surface area contributed by atoms with Crippen LogP contribution in [-0.4, -0.2) is 21.5 Å².